The van der Waals surface area contributed by atoms with Crippen molar-refractivity contribution >= 4 is 15.9 Å². The summed E-state index contributed by atoms with van der Waals surface area (Å²) in [6, 6.07) is 2.36. The van der Waals surface area contributed by atoms with E-state index in [4.69, 9.17) is 0 Å². The Kier molecular flexibility index (Phi) is 6.89. The van der Waals surface area contributed by atoms with Crippen LogP contribution < -0.4 is 5.32 Å². The van der Waals surface area contributed by atoms with Crippen molar-refractivity contribution in [2.24, 2.45) is 0 Å². The summed E-state index contributed by atoms with van der Waals surface area (Å²) in [4.78, 5) is 0. The van der Waals surface area contributed by atoms with Crippen molar-refractivity contribution in [1.29, 1.82) is 0 Å². The Morgan fingerprint density at radius 2 is 1.83 bits per heavy atom. The third-order valence-corrected chi connectivity index (χ3v) is 16.5. The molecule has 0 heterocycles. The first kappa shape index (κ1) is 16.2. The van der Waals surface area contributed by atoms with Gasteiger partial charge in [0.2, 0.25) is 0 Å². The average molecular weight is 284 g/mol. The summed E-state index contributed by atoms with van der Waals surface area (Å²) in [5.41, 5.74) is 4.22. The molecule has 1 rings (SSSR count). The van der Waals surface area contributed by atoms with Gasteiger partial charge in [0.05, 0.1) is 8.31 Å². The van der Waals surface area contributed by atoms with Crippen molar-refractivity contribution in [3.05, 3.63) is 11.3 Å². The number of allylic oxidation sites excluding steroid dienone is 1. The highest BCUT2D eigenvalue weighted by Crippen LogP contribution is 2.18. The second-order valence-electron chi connectivity index (χ2n) is 7.29. The first-order chi connectivity index (χ1) is 8.39. The van der Waals surface area contributed by atoms with Gasteiger partial charge in [0.25, 0.3) is 0 Å². The van der Waals surface area contributed by atoms with Gasteiger partial charge in [-0.15, -0.1) is 5.70 Å². The smallest absolute Gasteiger partial charge is 0.0552 e. The summed E-state index contributed by atoms with van der Waals surface area (Å²) in [5, 5.41) is 3.76. The topological polar surface area (TPSA) is 12.0 Å². The minimum absolute atomic E-state index is 0.608. The fourth-order valence-electron chi connectivity index (χ4n) is 2.93. The van der Waals surface area contributed by atoms with Gasteiger partial charge in [0.15, 0.2) is 0 Å². The molecule has 1 aliphatic rings. The summed E-state index contributed by atoms with van der Waals surface area (Å²) in [6.45, 7) is 13.5. The van der Waals surface area contributed by atoms with Gasteiger partial charge < -0.3 is 5.32 Å². The van der Waals surface area contributed by atoms with E-state index in [2.05, 4.69) is 44.5 Å². The van der Waals surface area contributed by atoms with Crippen molar-refractivity contribution in [3.8, 4) is 0 Å². The molecular formula is C15H33NSi2. The van der Waals surface area contributed by atoms with Crippen LogP contribution in [-0.4, -0.2) is 28.5 Å². The van der Waals surface area contributed by atoms with Crippen LogP contribution in [0, 0.1) is 0 Å². The Morgan fingerprint density at radius 3 is 2.33 bits per heavy atom. The lowest BCUT2D eigenvalue weighted by atomic mass is 10.2. The molecule has 3 heteroatoms. The Hall–Kier alpha value is 0.134. The Balaban J connectivity index is 2.26. The van der Waals surface area contributed by atoms with Crippen LogP contribution >= 0.6 is 0 Å². The van der Waals surface area contributed by atoms with Crippen molar-refractivity contribution in [3.63, 3.8) is 0 Å². The van der Waals surface area contributed by atoms with Crippen LogP contribution in [0.4, 0.5) is 0 Å². The molecule has 0 bridgehead atoms. The lowest BCUT2D eigenvalue weighted by molar-refractivity contribution is 0.523. The number of hydrogen-bond donors (Lipinski definition) is 1. The molecule has 1 fully saturated rings. The predicted molar refractivity (Wildman–Crippen MR) is 89.6 cm³/mol. The van der Waals surface area contributed by atoms with Gasteiger partial charge in [-0.25, -0.2) is 0 Å². The summed E-state index contributed by atoms with van der Waals surface area (Å²) in [6.07, 6.45) is 7.14. The molecule has 106 valence electrons. The fourth-order valence-corrected chi connectivity index (χ4v) is 11.6. The highest BCUT2D eigenvalue weighted by molar-refractivity contribution is 7.33. The van der Waals surface area contributed by atoms with Gasteiger partial charge in [0, 0.05) is 13.6 Å². The lowest BCUT2D eigenvalue weighted by Gasteiger charge is -2.25. The third-order valence-electron chi connectivity index (χ3n) is 4.13. The van der Waals surface area contributed by atoms with E-state index in [0.717, 1.165) is 6.04 Å². The van der Waals surface area contributed by atoms with Crippen LogP contribution in [0.25, 0.3) is 0 Å². The molecule has 1 N–H and O–H groups in total. The molecule has 1 nitrogen and oxygen atoms in total. The molecule has 1 atom stereocenters. The Morgan fingerprint density at radius 1 is 1.22 bits per heavy atom. The third kappa shape index (κ3) is 6.34. The van der Waals surface area contributed by atoms with Crippen LogP contribution in [0.1, 0.15) is 46.0 Å². The van der Waals surface area contributed by atoms with E-state index in [0.29, 0.717) is 0 Å². The van der Waals surface area contributed by atoms with Gasteiger partial charge >= 0.3 is 0 Å². The number of rotatable bonds is 7. The number of hydrogen-bond acceptors (Lipinski definition) is 1. The highest BCUT2D eigenvalue weighted by Gasteiger charge is 2.25. The summed E-state index contributed by atoms with van der Waals surface area (Å²) < 4.78 is 0. The second-order valence-corrected chi connectivity index (χ2v) is 21.6. The molecule has 0 saturated heterocycles. The summed E-state index contributed by atoms with van der Waals surface area (Å²) >= 11 is 0. The second kappa shape index (κ2) is 7.66. The maximum Gasteiger partial charge on any atom is 0.0552 e. The van der Waals surface area contributed by atoms with Crippen LogP contribution in [-0.2, 0) is 0 Å². The lowest BCUT2D eigenvalue weighted by Crippen LogP contribution is -2.42. The molecular weight excluding hydrogens is 250 g/mol. The molecule has 18 heavy (non-hydrogen) atoms. The quantitative estimate of drug-likeness (QED) is 0.549. The van der Waals surface area contributed by atoms with E-state index in [1.165, 1.54) is 44.7 Å². The molecule has 0 spiro atoms. The first-order valence-corrected chi connectivity index (χ1v) is 14.6. The van der Waals surface area contributed by atoms with Gasteiger partial charge in [-0.2, -0.15) is 0 Å². The zero-order chi connectivity index (χ0) is 13.6. The van der Waals surface area contributed by atoms with E-state index in [-0.39, 0.29) is 0 Å². The SMILES string of the molecule is CC(C)=C[SiH](CCCNC1CCCC1)[Si](C)(C)C. The van der Waals surface area contributed by atoms with E-state index >= 15 is 0 Å². The van der Waals surface area contributed by atoms with Crippen molar-refractivity contribution in [2.75, 3.05) is 6.54 Å². The minimum atomic E-state index is -0.896. The van der Waals surface area contributed by atoms with Crippen molar-refractivity contribution in [2.45, 2.75) is 77.7 Å². The Bertz CT molecular complexity index is 258. The predicted octanol–water partition coefficient (Wildman–Crippen LogP) is 4.06. The molecule has 1 saturated carbocycles. The molecule has 0 aliphatic heterocycles. The molecule has 0 aromatic carbocycles. The fraction of sp³-hybridized carbons (Fsp3) is 0.867. The Labute approximate surface area is 117 Å². The molecule has 0 aromatic rings. The van der Waals surface area contributed by atoms with Crippen molar-refractivity contribution in [1.82, 2.24) is 5.32 Å². The van der Waals surface area contributed by atoms with Crippen LogP contribution in [0.2, 0.25) is 25.7 Å². The average Bonchev–Trinajstić information content (AvgIpc) is 2.73. The molecule has 0 aromatic heterocycles. The molecule has 0 amide bonds. The van der Waals surface area contributed by atoms with E-state index in [1.54, 1.807) is 5.57 Å². The van der Waals surface area contributed by atoms with Gasteiger partial charge in [0.1, 0.15) is 0 Å². The monoisotopic (exact) mass is 283 g/mol. The highest BCUT2D eigenvalue weighted by atomic mass is 29.2. The summed E-state index contributed by atoms with van der Waals surface area (Å²) in [7, 11) is -1.50. The zero-order valence-electron chi connectivity index (χ0n) is 13.2. The van der Waals surface area contributed by atoms with E-state index in [9.17, 15) is 0 Å². The van der Waals surface area contributed by atoms with Gasteiger partial charge in [-0.05, 0) is 39.7 Å². The largest absolute Gasteiger partial charge is 0.314 e. The van der Waals surface area contributed by atoms with Crippen molar-refractivity contribution < 1.29 is 0 Å². The molecule has 1 unspecified atom stereocenters. The van der Waals surface area contributed by atoms with Crippen LogP contribution in [0.3, 0.4) is 0 Å². The van der Waals surface area contributed by atoms with E-state index in [1.807, 2.05) is 0 Å². The van der Waals surface area contributed by atoms with E-state index < -0.39 is 15.9 Å². The maximum absolute atomic E-state index is 3.76. The van der Waals surface area contributed by atoms with Gasteiger partial charge in [-0.1, -0.05) is 44.1 Å². The number of nitrogens with one attached hydrogen (secondary N) is 1. The molecule has 1 aliphatic carbocycles. The standard InChI is InChI=1S/C15H33NSi2/c1-14(2)13-17(18(3,4)5)12-8-11-16-15-9-6-7-10-15/h13,15-17H,6-12H2,1-5H3. The molecule has 0 radical (unpaired) electrons. The van der Waals surface area contributed by atoms with Gasteiger partial charge in [-0.3, -0.25) is 0 Å². The zero-order valence-corrected chi connectivity index (χ0v) is 15.3. The summed E-state index contributed by atoms with van der Waals surface area (Å²) in [5.74, 6) is 0. The van der Waals surface area contributed by atoms with Crippen LogP contribution in [0.15, 0.2) is 11.3 Å². The first-order valence-electron chi connectivity index (χ1n) is 7.78. The maximum atomic E-state index is 3.76. The van der Waals surface area contributed by atoms with Crippen LogP contribution in [0.5, 0.6) is 0 Å². The minimum Gasteiger partial charge on any atom is -0.314 e. The normalized spacial score (nSPS) is 18.9.